The lowest BCUT2D eigenvalue weighted by Crippen LogP contribution is -2.29. The van der Waals surface area contributed by atoms with Crippen molar-refractivity contribution in [3.63, 3.8) is 0 Å². The van der Waals surface area contributed by atoms with E-state index in [2.05, 4.69) is 10.5 Å². The molecule has 8 nitrogen and oxygen atoms in total. The quantitative estimate of drug-likeness (QED) is 0.371. The molecular formula is C25H27N3O5S. The molecule has 0 aliphatic heterocycles. The van der Waals surface area contributed by atoms with Crippen LogP contribution in [-0.2, 0) is 16.6 Å². The summed E-state index contributed by atoms with van der Waals surface area (Å²) in [7, 11) is -0.437. The molecule has 1 N–H and O–H groups in total. The third-order valence-electron chi connectivity index (χ3n) is 5.05. The number of carbonyl (C=O) groups is 1. The number of sulfonamides is 1. The number of hydrogen-bond acceptors (Lipinski definition) is 6. The van der Waals surface area contributed by atoms with Gasteiger partial charge in [0.05, 0.1) is 38.9 Å². The van der Waals surface area contributed by atoms with E-state index in [1.165, 1.54) is 17.6 Å². The number of hydrazone groups is 1. The summed E-state index contributed by atoms with van der Waals surface area (Å²) in [5.41, 5.74) is 5.95. The first-order valence-corrected chi connectivity index (χ1v) is 12.2. The minimum atomic E-state index is -3.52. The van der Waals surface area contributed by atoms with Crippen LogP contribution < -0.4 is 19.2 Å². The van der Waals surface area contributed by atoms with Crippen LogP contribution in [0.1, 0.15) is 27.0 Å². The summed E-state index contributed by atoms with van der Waals surface area (Å²) in [4.78, 5) is 12.5. The average Bonchev–Trinajstić information content (AvgIpc) is 2.83. The van der Waals surface area contributed by atoms with E-state index in [4.69, 9.17) is 9.47 Å². The van der Waals surface area contributed by atoms with Gasteiger partial charge >= 0.3 is 0 Å². The van der Waals surface area contributed by atoms with Crippen molar-refractivity contribution >= 4 is 27.8 Å². The third-order valence-corrected chi connectivity index (χ3v) is 6.19. The van der Waals surface area contributed by atoms with Gasteiger partial charge in [0, 0.05) is 5.56 Å². The summed E-state index contributed by atoms with van der Waals surface area (Å²) >= 11 is 0. The zero-order valence-corrected chi connectivity index (χ0v) is 20.3. The molecule has 0 saturated carbocycles. The number of benzene rings is 3. The number of aryl methyl sites for hydroxylation is 1. The summed E-state index contributed by atoms with van der Waals surface area (Å²) in [6.45, 7) is 2.17. The van der Waals surface area contributed by atoms with Crippen LogP contribution >= 0.6 is 0 Å². The summed E-state index contributed by atoms with van der Waals surface area (Å²) < 4.78 is 36.5. The summed E-state index contributed by atoms with van der Waals surface area (Å²) in [5, 5.41) is 3.98. The Labute approximate surface area is 199 Å². The standard InChI is InChI=1S/C25H27N3O5S/c1-18-5-7-19(8-6-18)17-28(34(4,30)31)22-12-10-21(11-13-22)25(29)27-26-16-20-9-14-23(32-2)24(15-20)33-3/h5-16H,17H2,1-4H3,(H,27,29)/b26-16-. The lowest BCUT2D eigenvalue weighted by molar-refractivity contribution is 0.0955. The van der Waals surface area contributed by atoms with Crippen LogP contribution in [0.15, 0.2) is 71.8 Å². The van der Waals surface area contributed by atoms with Crippen molar-refractivity contribution in [1.29, 1.82) is 0 Å². The van der Waals surface area contributed by atoms with Gasteiger partial charge in [-0.15, -0.1) is 0 Å². The number of hydrogen-bond donors (Lipinski definition) is 1. The van der Waals surface area contributed by atoms with Crippen LogP contribution in [0.5, 0.6) is 11.5 Å². The molecule has 0 aromatic heterocycles. The molecule has 0 aliphatic rings. The van der Waals surface area contributed by atoms with Crippen LogP contribution in [-0.4, -0.2) is 41.0 Å². The smallest absolute Gasteiger partial charge is 0.271 e. The number of rotatable bonds is 9. The van der Waals surface area contributed by atoms with E-state index in [1.54, 1.807) is 49.6 Å². The predicted molar refractivity (Wildman–Crippen MR) is 133 cm³/mol. The van der Waals surface area contributed by atoms with Crippen LogP contribution in [0.4, 0.5) is 5.69 Å². The zero-order chi connectivity index (χ0) is 24.7. The largest absolute Gasteiger partial charge is 0.493 e. The van der Waals surface area contributed by atoms with Crippen LogP contribution in [0, 0.1) is 6.92 Å². The Balaban J connectivity index is 1.70. The maximum Gasteiger partial charge on any atom is 0.271 e. The fraction of sp³-hybridized carbons (Fsp3) is 0.200. The Hall–Kier alpha value is -3.85. The Morgan fingerprint density at radius 3 is 2.21 bits per heavy atom. The lowest BCUT2D eigenvalue weighted by atomic mass is 10.1. The normalized spacial score (nSPS) is 11.3. The van der Waals surface area contributed by atoms with Gasteiger partial charge in [-0.3, -0.25) is 9.10 Å². The number of carbonyl (C=O) groups excluding carboxylic acids is 1. The maximum absolute atomic E-state index is 12.5. The van der Waals surface area contributed by atoms with Gasteiger partial charge in [-0.2, -0.15) is 5.10 Å². The van der Waals surface area contributed by atoms with E-state index in [1.807, 2.05) is 31.2 Å². The van der Waals surface area contributed by atoms with Gasteiger partial charge < -0.3 is 9.47 Å². The van der Waals surface area contributed by atoms with Gasteiger partial charge in [0.15, 0.2) is 11.5 Å². The van der Waals surface area contributed by atoms with Crippen molar-refractivity contribution in [2.24, 2.45) is 5.10 Å². The van der Waals surface area contributed by atoms with E-state index in [0.29, 0.717) is 28.3 Å². The average molecular weight is 482 g/mol. The molecule has 0 unspecified atom stereocenters. The molecule has 0 atom stereocenters. The number of methoxy groups -OCH3 is 2. The van der Waals surface area contributed by atoms with E-state index in [9.17, 15) is 13.2 Å². The minimum Gasteiger partial charge on any atom is -0.493 e. The van der Waals surface area contributed by atoms with Gasteiger partial charge in [-0.1, -0.05) is 29.8 Å². The highest BCUT2D eigenvalue weighted by Crippen LogP contribution is 2.27. The fourth-order valence-electron chi connectivity index (χ4n) is 3.20. The number of nitrogens with one attached hydrogen (secondary N) is 1. The molecule has 0 aliphatic carbocycles. The number of nitrogens with zero attached hydrogens (tertiary/aromatic N) is 2. The molecule has 3 rings (SSSR count). The molecule has 0 spiro atoms. The zero-order valence-electron chi connectivity index (χ0n) is 19.5. The highest BCUT2D eigenvalue weighted by molar-refractivity contribution is 7.92. The van der Waals surface area contributed by atoms with Gasteiger partial charge in [-0.05, 0) is 60.5 Å². The fourth-order valence-corrected chi connectivity index (χ4v) is 4.09. The van der Waals surface area contributed by atoms with Gasteiger partial charge in [0.25, 0.3) is 5.91 Å². The molecule has 3 aromatic carbocycles. The summed E-state index contributed by atoms with van der Waals surface area (Å²) in [5.74, 6) is 0.719. The molecule has 3 aromatic rings. The van der Waals surface area contributed by atoms with Crippen LogP contribution in [0.25, 0.3) is 0 Å². The molecule has 0 fully saturated rings. The number of ether oxygens (including phenoxy) is 2. The molecule has 34 heavy (non-hydrogen) atoms. The van der Waals surface area contributed by atoms with E-state index in [-0.39, 0.29) is 6.54 Å². The van der Waals surface area contributed by atoms with E-state index in [0.717, 1.165) is 17.4 Å². The van der Waals surface area contributed by atoms with Crippen molar-refractivity contribution < 1.29 is 22.7 Å². The second kappa shape index (κ2) is 10.8. The molecular weight excluding hydrogens is 454 g/mol. The maximum atomic E-state index is 12.5. The van der Waals surface area contributed by atoms with Crippen molar-refractivity contribution in [3.8, 4) is 11.5 Å². The number of anilines is 1. The second-order valence-electron chi connectivity index (χ2n) is 7.62. The predicted octanol–water partition coefficient (Wildman–Crippen LogP) is 3.74. The molecule has 1 amide bonds. The minimum absolute atomic E-state index is 0.195. The molecule has 178 valence electrons. The van der Waals surface area contributed by atoms with E-state index >= 15 is 0 Å². The van der Waals surface area contributed by atoms with E-state index < -0.39 is 15.9 Å². The second-order valence-corrected chi connectivity index (χ2v) is 9.52. The first-order valence-electron chi connectivity index (χ1n) is 10.4. The van der Waals surface area contributed by atoms with Crippen molar-refractivity contribution in [1.82, 2.24) is 5.43 Å². The molecule has 0 radical (unpaired) electrons. The third kappa shape index (κ3) is 6.35. The first kappa shape index (κ1) is 24.8. The summed E-state index contributed by atoms with van der Waals surface area (Å²) in [6, 6.07) is 19.2. The van der Waals surface area contributed by atoms with Gasteiger partial charge in [-0.25, -0.2) is 13.8 Å². The topological polar surface area (TPSA) is 97.3 Å². The summed E-state index contributed by atoms with van der Waals surface area (Å²) in [6.07, 6.45) is 2.64. The van der Waals surface area contributed by atoms with Crippen molar-refractivity contribution in [2.75, 3.05) is 24.8 Å². The first-order chi connectivity index (χ1) is 16.2. The Kier molecular flexibility index (Phi) is 7.91. The monoisotopic (exact) mass is 481 g/mol. The van der Waals surface area contributed by atoms with Crippen LogP contribution in [0.3, 0.4) is 0 Å². The molecule has 0 bridgehead atoms. The highest BCUT2D eigenvalue weighted by atomic mass is 32.2. The molecule has 9 heteroatoms. The Morgan fingerprint density at radius 2 is 1.62 bits per heavy atom. The lowest BCUT2D eigenvalue weighted by Gasteiger charge is -2.22. The van der Waals surface area contributed by atoms with Gasteiger partial charge in [0.2, 0.25) is 10.0 Å². The SMILES string of the molecule is COc1ccc(/C=N\NC(=O)c2ccc(N(Cc3ccc(C)cc3)S(C)(=O)=O)cc2)cc1OC. The molecule has 0 heterocycles. The Morgan fingerprint density at radius 1 is 0.971 bits per heavy atom. The Bertz CT molecular complexity index is 1270. The van der Waals surface area contributed by atoms with Crippen LogP contribution in [0.2, 0.25) is 0 Å². The molecule has 0 saturated heterocycles. The highest BCUT2D eigenvalue weighted by Gasteiger charge is 2.18. The van der Waals surface area contributed by atoms with Crippen molar-refractivity contribution in [2.45, 2.75) is 13.5 Å². The van der Waals surface area contributed by atoms with Crippen molar-refractivity contribution in [3.05, 3.63) is 89.0 Å². The van der Waals surface area contributed by atoms with Gasteiger partial charge in [0.1, 0.15) is 0 Å². The number of amides is 1.